The monoisotopic (exact) mass is 1700 g/mol. The van der Waals surface area contributed by atoms with Crippen LogP contribution in [-0.4, -0.2) is 263 Å². The number of carbonyl (C=O) groups is 6. The third-order valence-electron chi connectivity index (χ3n) is 26.7. The second-order valence-electron chi connectivity index (χ2n) is 34.4. The molecular formula is C89H121N11O18S2. The van der Waals surface area contributed by atoms with Crippen molar-refractivity contribution in [2.75, 3.05) is 96.2 Å². The highest BCUT2D eigenvalue weighted by Crippen LogP contribution is 2.68. The maximum absolute atomic E-state index is 15.4. The number of aromatic nitrogens is 5. The topological polar surface area (TPSA) is 414 Å². The van der Waals surface area contributed by atoms with E-state index in [-0.39, 0.29) is 91.6 Å². The van der Waals surface area contributed by atoms with Crippen LogP contribution in [-0.2, 0) is 63.5 Å². The highest BCUT2D eigenvalue weighted by atomic mass is 33.1. The van der Waals surface area contributed by atoms with Gasteiger partial charge >= 0.3 is 6.09 Å². The van der Waals surface area contributed by atoms with Gasteiger partial charge < -0.3 is 85.5 Å². The lowest BCUT2D eigenvalue weighted by molar-refractivity contribution is -0.301. The SMILES string of the molecule is CC[C@]1(O)C[C@@H]2CC[C@](C)(c3cc4c(cc3OC)N(C)[C@H]3[C@@](O)(C(=O)CNC(=O)OCCSSCCCC(=O)[C@H](CNC(=O)CCCCCCCCOC5OC(CO)C(O)[C@H](O)[C@H]5O)NC(=O)CCCCC(=O)c5ccc(CCc6cnc7nc(C)[nH]c(=O)c7n6)cc5)[C@H](O)[C@]5(CC)C=CCN6CC[C@]43[C@@H]65)c3[nH]c4ccccc4c3CCN(C2)C1. The predicted molar refractivity (Wildman–Crippen MR) is 457 cm³/mol. The molecule has 9 heterocycles. The molecule has 3 aromatic heterocycles. The Morgan fingerprint density at radius 1 is 0.792 bits per heavy atom. The van der Waals surface area contributed by atoms with E-state index in [4.69, 9.17) is 18.9 Å². The summed E-state index contributed by atoms with van der Waals surface area (Å²) in [4.78, 5) is 122. The Hall–Kier alpha value is -7.76. The van der Waals surface area contributed by atoms with Gasteiger partial charge in [-0.25, -0.2) is 19.7 Å². The minimum Gasteiger partial charge on any atom is -0.496 e. The number of hydrogen-bond acceptors (Lipinski definition) is 26. The summed E-state index contributed by atoms with van der Waals surface area (Å²) in [7, 11) is 6.47. The number of nitrogens with zero attached hydrogens (tertiary/aromatic N) is 6. The first kappa shape index (κ1) is 90.0. The standard InChI is InChI=1S/C89H121N11O18S2/c1-7-86(113)47-56-33-36-85(4,77-60(34-39-99(51-56)53-86)59-21-14-15-22-63(59)97-77)62-45-61-65(46-68(62)115-6)98(5)82-88(61)37-40-100-38-20-35-87(8-2,81(88)100)83(111)89(82,114)70(104)50-92-84(112)117-42-44-120-119-43-19-24-67(103)64(49-90-71(105)25-13-11-9-10-12-18-41-116-80-76(109)75(108)74(107)69(52-101)118-80)96-72(106)26-17-16-23-66(102)57-30-27-55(28-31-57)29-32-58-48-91-78-73(95-58)79(110)94-54(3)93-78/h14-15,20-22,27-28,30-31,35,45-46,48,56,64,69,74-76,80-83,97,101,107-109,111,113-114H,7-13,16-19,23-26,29,32-34,36-44,47,49-53H2,1-6H3,(H,90,105)(H,92,112)(H,96,106)(H,91,93,94,110)/t56-,64-,69?,74?,75-,76+,80?,81-,82+,83+,85+,86-,87+,88+,89-/m0/s1. The Balaban J connectivity index is 0.591. The third kappa shape index (κ3) is 19.0. The summed E-state index contributed by atoms with van der Waals surface area (Å²) in [5.74, 6) is 0.481. The highest BCUT2D eigenvalue weighted by Gasteiger charge is 2.78. The van der Waals surface area contributed by atoms with Gasteiger partial charge in [-0.1, -0.05) is 116 Å². The summed E-state index contributed by atoms with van der Waals surface area (Å²) in [5, 5.41) is 88.1. The minimum absolute atomic E-state index is 0.0333. The first-order valence-electron chi connectivity index (χ1n) is 43.1. The summed E-state index contributed by atoms with van der Waals surface area (Å²) in [6.07, 6.45) is 8.56. The normalized spacial score (nSPS) is 28.4. The largest absolute Gasteiger partial charge is 0.496 e. The number of ketones is 3. The molecule has 3 amide bonds. The number of aliphatic hydroxyl groups excluding tert-OH is 5. The second kappa shape index (κ2) is 39.4. The number of unbranched alkanes of at least 4 members (excludes halogenated alkanes) is 6. The summed E-state index contributed by atoms with van der Waals surface area (Å²) in [5.41, 5.74) is 2.63. The number of carbonyl (C=O) groups excluding carboxylic acids is 6. The molecule has 7 aliphatic rings. The molecule has 6 aromatic rings. The van der Waals surface area contributed by atoms with Crippen molar-refractivity contribution >= 4 is 84.6 Å². The van der Waals surface area contributed by atoms with E-state index in [1.54, 1.807) is 32.4 Å². The summed E-state index contributed by atoms with van der Waals surface area (Å²) < 4.78 is 23.1. The molecule has 16 atom stereocenters. The number of anilines is 1. The van der Waals surface area contributed by atoms with Crippen molar-refractivity contribution in [2.45, 2.75) is 246 Å². The molecule has 1 spiro atoms. The lowest BCUT2D eigenvalue weighted by Gasteiger charge is -2.63. The number of methoxy groups -OCH3 is 1. The van der Waals surface area contributed by atoms with Gasteiger partial charge in [0.1, 0.15) is 54.7 Å². The molecule has 1 aliphatic carbocycles. The van der Waals surface area contributed by atoms with Crippen LogP contribution in [0.4, 0.5) is 10.5 Å². The fourth-order valence-electron chi connectivity index (χ4n) is 20.4. The number of aryl methyl sites for hydroxylation is 3. The highest BCUT2D eigenvalue weighted by molar-refractivity contribution is 8.76. The molecule has 13 rings (SSSR count). The lowest BCUT2D eigenvalue weighted by atomic mass is 9.47. The molecule has 29 nitrogen and oxygen atoms in total. The summed E-state index contributed by atoms with van der Waals surface area (Å²) in [6, 6.07) is 17.8. The van der Waals surface area contributed by atoms with Crippen LogP contribution >= 0.6 is 21.6 Å². The fourth-order valence-corrected chi connectivity index (χ4v) is 22.4. The summed E-state index contributed by atoms with van der Waals surface area (Å²) >= 11 is 0. The number of aromatic amines is 2. The predicted octanol–water partition coefficient (Wildman–Crippen LogP) is 7.22. The molecule has 0 radical (unpaired) electrons. The van der Waals surface area contributed by atoms with Crippen molar-refractivity contribution in [3.63, 3.8) is 0 Å². The van der Waals surface area contributed by atoms with Crippen molar-refractivity contribution < 1.29 is 83.5 Å². The first-order valence-corrected chi connectivity index (χ1v) is 45.6. The van der Waals surface area contributed by atoms with Crippen molar-refractivity contribution in [3.05, 3.63) is 134 Å². The maximum Gasteiger partial charge on any atom is 0.407 e. The molecule has 652 valence electrons. The van der Waals surface area contributed by atoms with Gasteiger partial charge in [0.15, 0.2) is 40.4 Å². The molecule has 3 saturated heterocycles. The van der Waals surface area contributed by atoms with Crippen molar-refractivity contribution in [1.82, 2.24) is 50.7 Å². The number of Topliss-reactive ketones (excluding diaryl/α,β-unsaturated/α-hetero) is 3. The number of benzene rings is 3. The van der Waals surface area contributed by atoms with Gasteiger partial charge in [-0.3, -0.25) is 38.6 Å². The minimum atomic E-state index is -2.40. The molecule has 4 unspecified atom stereocenters. The number of alkyl carbamates (subject to hydrolysis) is 1. The molecular weight excluding hydrogens is 1580 g/mol. The van der Waals surface area contributed by atoms with Crippen LogP contribution in [0, 0.1) is 18.3 Å². The number of aliphatic hydroxyl groups is 7. The average Bonchev–Trinajstić information content (AvgIpc) is 1.46. The van der Waals surface area contributed by atoms with E-state index in [9.17, 15) is 64.5 Å². The van der Waals surface area contributed by atoms with E-state index in [1.165, 1.54) is 27.2 Å². The molecule has 120 heavy (non-hydrogen) atoms. The molecule has 3 aromatic carbocycles. The number of hydrogen-bond donors (Lipinski definition) is 12. The molecule has 31 heteroatoms. The quantitative estimate of drug-likeness (QED) is 0.00784. The number of H-pyrrole nitrogens is 2. The van der Waals surface area contributed by atoms with E-state index in [1.807, 2.05) is 43.2 Å². The zero-order valence-electron chi connectivity index (χ0n) is 69.9. The Morgan fingerprint density at radius 3 is 2.32 bits per heavy atom. The Bertz CT molecular complexity index is 4720. The average molecular weight is 1700 g/mol. The van der Waals surface area contributed by atoms with E-state index in [2.05, 4.69) is 101 Å². The summed E-state index contributed by atoms with van der Waals surface area (Å²) in [6.45, 7) is 10.6. The second-order valence-corrected chi connectivity index (χ2v) is 37.1. The van der Waals surface area contributed by atoms with Gasteiger partial charge in [-0.2, -0.15) is 0 Å². The number of rotatable bonds is 39. The van der Waals surface area contributed by atoms with Crippen molar-refractivity contribution in [1.29, 1.82) is 0 Å². The van der Waals surface area contributed by atoms with Gasteiger partial charge in [0.05, 0.1) is 43.8 Å². The zero-order chi connectivity index (χ0) is 85.3. The van der Waals surface area contributed by atoms with E-state index in [0.717, 1.165) is 103 Å². The zero-order valence-corrected chi connectivity index (χ0v) is 71.6. The smallest absolute Gasteiger partial charge is 0.407 e. The number of ether oxygens (including phenoxy) is 4. The Morgan fingerprint density at radius 2 is 1.54 bits per heavy atom. The van der Waals surface area contributed by atoms with E-state index >= 15 is 4.79 Å². The third-order valence-corrected chi connectivity index (χ3v) is 29.2. The maximum atomic E-state index is 15.4. The number of likely N-dealkylation sites (N-methyl/N-ethyl adjacent to an activating group) is 1. The van der Waals surface area contributed by atoms with Gasteiger partial charge in [-0.15, -0.1) is 0 Å². The van der Waals surface area contributed by atoms with Crippen molar-refractivity contribution in [2.24, 2.45) is 11.3 Å². The number of fused-ring (bicyclic) bond motifs is 7. The van der Waals surface area contributed by atoms with Crippen LogP contribution in [0.5, 0.6) is 5.75 Å². The van der Waals surface area contributed by atoms with Crippen LogP contribution in [0.25, 0.3) is 22.1 Å². The molecule has 1 saturated carbocycles. The van der Waals surface area contributed by atoms with Crippen LogP contribution in [0.3, 0.4) is 0 Å². The van der Waals surface area contributed by atoms with Crippen LogP contribution in [0.1, 0.15) is 193 Å². The number of para-hydroxylation sites is 1. The fraction of sp³-hybridized carbons (Fsp3) is 0.618. The molecule has 2 bridgehead atoms. The van der Waals surface area contributed by atoms with Gasteiger partial charge in [-0.05, 0) is 145 Å². The number of amides is 3. The number of nitrogens with one attached hydrogen (secondary N) is 5. The van der Waals surface area contributed by atoms with Crippen LogP contribution < -0.4 is 31.1 Å². The molecule has 6 aliphatic heterocycles. The molecule has 4 fully saturated rings. The van der Waals surface area contributed by atoms with Gasteiger partial charge in [0, 0.05) is 145 Å². The van der Waals surface area contributed by atoms with Crippen LogP contribution in [0.2, 0.25) is 0 Å². The van der Waals surface area contributed by atoms with E-state index < -0.39 is 107 Å². The van der Waals surface area contributed by atoms with Crippen LogP contribution in [0.15, 0.2) is 83.8 Å². The Kier molecular flexibility index (Phi) is 29.5. The Labute approximate surface area is 708 Å². The van der Waals surface area contributed by atoms with Gasteiger partial charge in [0.2, 0.25) is 11.8 Å². The first-order chi connectivity index (χ1) is 57.7. The number of piperidine rings is 1. The molecule has 12 N–H and O–H groups in total. The van der Waals surface area contributed by atoms with Gasteiger partial charge in [0.25, 0.3) is 5.56 Å². The lowest BCUT2D eigenvalue weighted by Crippen LogP contribution is -2.81. The van der Waals surface area contributed by atoms with Crippen molar-refractivity contribution in [3.8, 4) is 5.75 Å². The van der Waals surface area contributed by atoms with E-state index in [0.29, 0.717) is 118 Å².